The third-order valence-electron chi connectivity index (χ3n) is 1.51. The Labute approximate surface area is 71.8 Å². The van der Waals surface area contributed by atoms with Crippen LogP contribution in [0.15, 0.2) is 12.2 Å². The second kappa shape index (κ2) is 3.20. The fourth-order valence-electron chi connectivity index (χ4n) is 0.951. The van der Waals surface area contributed by atoms with Gasteiger partial charge in [0.25, 0.3) is 0 Å². The summed E-state index contributed by atoms with van der Waals surface area (Å²) in [7, 11) is 0. The molecular weight excluding hydrogens is 187 g/mol. The van der Waals surface area contributed by atoms with Gasteiger partial charge in [-0.3, -0.25) is 9.59 Å². The van der Waals surface area contributed by atoms with E-state index < -0.39 is 24.4 Å². The van der Waals surface area contributed by atoms with Crippen LogP contribution in [0.4, 0.5) is 13.2 Å². The lowest BCUT2D eigenvalue weighted by molar-refractivity contribution is -0.185. The number of hydrogen-bond donors (Lipinski definition) is 0. The number of rotatable bonds is 0. The molecule has 1 aliphatic heterocycles. The fourth-order valence-corrected chi connectivity index (χ4v) is 0.951. The van der Waals surface area contributed by atoms with Gasteiger partial charge in [-0.2, -0.15) is 13.2 Å². The Morgan fingerprint density at radius 3 is 2.54 bits per heavy atom. The number of carbonyl (C=O) groups is 2. The van der Waals surface area contributed by atoms with Crippen molar-refractivity contribution in [3.63, 3.8) is 0 Å². The van der Waals surface area contributed by atoms with E-state index in [2.05, 4.69) is 0 Å². The lowest BCUT2D eigenvalue weighted by Gasteiger charge is -2.23. The molecule has 3 nitrogen and oxygen atoms in total. The lowest BCUT2D eigenvalue weighted by atomic mass is 10.2. The molecule has 1 heterocycles. The topological polar surface area (TPSA) is 37.4 Å². The molecule has 6 heteroatoms. The third kappa shape index (κ3) is 2.30. The van der Waals surface area contributed by atoms with E-state index >= 15 is 0 Å². The number of nitrogens with zero attached hydrogens (tertiary/aromatic N) is 1. The summed E-state index contributed by atoms with van der Waals surface area (Å²) in [6, 6.07) is 0. The van der Waals surface area contributed by atoms with Gasteiger partial charge in [0, 0.05) is 6.54 Å². The minimum absolute atomic E-state index is 0.163. The Kier molecular flexibility index (Phi) is 2.40. The molecule has 0 saturated heterocycles. The number of halogens is 3. The van der Waals surface area contributed by atoms with Crippen molar-refractivity contribution >= 4 is 11.7 Å². The van der Waals surface area contributed by atoms with Gasteiger partial charge in [-0.1, -0.05) is 6.08 Å². The Hall–Kier alpha value is -1.33. The van der Waals surface area contributed by atoms with Crippen molar-refractivity contribution in [2.24, 2.45) is 0 Å². The predicted octanol–water partition coefficient (Wildman–Crippen LogP) is 0.516. The van der Waals surface area contributed by atoms with Gasteiger partial charge in [-0.15, -0.1) is 0 Å². The molecule has 1 aliphatic rings. The van der Waals surface area contributed by atoms with Crippen LogP contribution < -0.4 is 0 Å². The largest absolute Gasteiger partial charge is 0.471 e. The van der Waals surface area contributed by atoms with E-state index in [4.69, 9.17) is 0 Å². The molecule has 0 radical (unpaired) electrons. The van der Waals surface area contributed by atoms with E-state index in [9.17, 15) is 22.8 Å². The molecule has 0 N–H and O–H groups in total. The predicted molar refractivity (Wildman–Crippen MR) is 36.8 cm³/mol. The Morgan fingerprint density at radius 2 is 2.08 bits per heavy atom. The van der Waals surface area contributed by atoms with Gasteiger partial charge >= 0.3 is 12.1 Å². The van der Waals surface area contributed by atoms with Crippen LogP contribution in [-0.2, 0) is 9.59 Å². The highest BCUT2D eigenvalue weighted by Crippen LogP contribution is 2.19. The molecular formula is C7H6F3NO2. The normalized spacial score (nSPS) is 17.8. The fraction of sp³-hybridized carbons (Fsp3) is 0.429. The first-order valence-corrected chi connectivity index (χ1v) is 3.47. The lowest BCUT2D eigenvalue weighted by Crippen LogP contribution is -2.45. The van der Waals surface area contributed by atoms with Crippen molar-refractivity contribution in [1.29, 1.82) is 0 Å². The van der Waals surface area contributed by atoms with Gasteiger partial charge in [0.2, 0.25) is 0 Å². The molecule has 0 aromatic carbocycles. The van der Waals surface area contributed by atoms with Gasteiger partial charge in [0.05, 0.1) is 6.54 Å². The van der Waals surface area contributed by atoms with Gasteiger partial charge in [-0.25, -0.2) is 0 Å². The van der Waals surface area contributed by atoms with Gasteiger partial charge in [-0.05, 0) is 6.08 Å². The maximum Gasteiger partial charge on any atom is 0.471 e. The number of hydrogen-bond acceptors (Lipinski definition) is 2. The first-order chi connectivity index (χ1) is 5.91. The molecule has 0 bridgehead atoms. The highest BCUT2D eigenvalue weighted by molar-refractivity contribution is 5.96. The van der Waals surface area contributed by atoms with E-state index in [1.165, 1.54) is 12.2 Å². The molecule has 0 aromatic heterocycles. The summed E-state index contributed by atoms with van der Waals surface area (Å²) in [5, 5.41) is 0. The van der Waals surface area contributed by atoms with E-state index in [0.717, 1.165) is 0 Å². The molecule has 0 unspecified atom stereocenters. The summed E-state index contributed by atoms with van der Waals surface area (Å²) in [6.45, 7) is -0.654. The quantitative estimate of drug-likeness (QED) is 0.562. The third-order valence-corrected chi connectivity index (χ3v) is 1.51. The number of ketones is 1. The van der Waals surface area contributed by atoms with Gasteiger partial charge in [0.15, 0.2) is 5.78 Å². The van der Waals surface area contributed by atoms with Crippen LogP contribution in [0.5, 0.6) is 0 Å². The monoisotopic (exact) mass is 193 g/mol. The summed E-state index contributed by atoms with van der Waals surface area (Å²) in [4.78, 5) is 21.7. The minimum Gasteiger partial charge on any atom is -0.323 e. The standard InChI is InChI=1S/C7H6F3NO2/c8-7(9,10)6(13)11-3-1-2-5(12)4-11/h1-2H,3-4H2. The Bertz CT molecular complexity index is 269. The first kappa shape index (κ1) is 9.76. The van der Waals surface area contributed by atoms with Gasteiger partial charge < -0.3 is 4.90 Å². The van der Waals surface area contributed by atoms with Crippen LogP contribution in [0.2, 0.25) is 0 Å². The summed E-state index contributed by atoms with van der Waals surface area (Å²) in [5.74, 6) is -2.46. The summed E-state index contributed by atoms with van der Waals surface area (Å²) in [5.41, 5.74) is 0. The zero-order valence-electron chi connectivity index (χ0n) is 6.47. The molecule has 0 aromatic rings. The van der Waals surface area contributed by atoms with E-state index in [0.29, 0.717) is 4.90 Å². The van der Waals surface area contributed by atoms with Crippen LogP contribution in [0, 0.1) is 0 Å². The smallest absolute Gasteiger partial charge is 0.323 e. The van der Waals surface area contributed by atoms with E-state index in [-0.39, 0.29) is 6.54 Å². The summed E-state index contributed by atoms with van der Waals surface area (Å²) in [6.07, 6.45) is -2.50. The van der Waals surface area contributed by atoms with Crippen molar-refractivity contribution in [2.75, 3.05) is 13.1 Å². The molecule has 1 rings (SSSR count). The molecule has 0 fully saturated rings. The zero-order valence-corrected chi connectivity index (χ0v) is 6.47. The second-order valence-corrected chi connectivity index (χ2v) is 2.55. The summed E-state index contributed by atoms with van der Waals surface area (Å²) >= 11 is 0. The maximum atomic E-state index is 11.8. The van der Waals surface area contributed by atoms with Crippen LogP contribution >= 0.6 is 0 Å². The molecule has 0 aliphatic carbocycles. The number of alkyl halides is 3. The number of carbonyl (C=O) groups excluding carboxylic acids is 2. The second-order valence-electron chi connectivity index (χ2n) is 2.55. The van der Waals surface area contributed by atoms with Crippen LogP contribution in [0.25, 0.3) is 0 Å². The highest BCUT2D eigenvalue weighted by Gasteiger charge is 2.42. The van der Waals surface area contributed by atoms with Crippen molar-refractivity contribution in [2.45, 2.75) is 6.18 Å². The molecule has 0 atom stereocenters. The highest BCUT2D eigenvalue weighted by atomic mass is 19.4. The SMILES string of the molecule is O=C1C=CCN(C(=O)C(F)(F)F)C1. The van der Waals surface area contributed by atoms with Crippen LogP contribution in [0.3, 0.4) is 0 Å². The zero-order chi connectivity index (χ0) is 10.1. The average Bonchev–Trinajstić information content (AvgIpc) is 2.01. The molecule has 13 heavy (non-hydrogen) atoms. The van der Waals surface area contributed by atoms with Crippen LogP contribution in [-0.4, -0.2) is 35.9 Å². The summed E-state index contributed by atoms with van der Waals surface area (Å²) < 4.78 is 35.5. The minimum atomic E-state index is -4.90. The van der Waals surface area contributed by atoms with Crippen molar-refractivity contribution < 1.29 is 22.8 Å². The molecule has 72 valence electrons. The number of amides is 1. The Balaban J connectivity index is 2.69. The first-order valence-electron chi connectivity index (χ1n) is 3.47. The molecule has 1 amide bonds. The average molecular weight is 193 g/mol. The van der Waals surface area contributed by atoms with E-state index in [1.54, 1.807) is 0 Å². The van der Waals surface area contributed by atoms with Crippen LogP contribution in [0.1, 0.15) is 0 Å². The van der Waals surface area contributed by atoms with Crippen molar-refractivity contribution in [1.82, 2.24) is 4.90 Å². The van der Waals surface area contributed by atoms with Gasteiger partial charge in [0.1, 0.15) is 0 Å². The van der Waals surface area contributed by atoms with Crippen molar-refractivity contribution in [3.05, 3.63) is 12.2 Å². The molecule has 0 saturated carbocycles. The molecule has 0 spiro atoms. The Morgan fingerprint density at radius 1 is 1.46 bits per heavy atom. The van der Waals surface area contributed by atoms with Crippen molar-refractivity contribution in [3.8, 4) is 0 Å². The van der Waals surface area contributed by atoms with E-state index in [1.807, 2.05) is 0 Å². The maximum absolute atomic E-state index is 11.8.